The molecule has 2 aromatic carbocycles. The van der Waals surface area contributed by atoms with Gasteiger partial charge in [0, 0.05) is 24.5 Å². The summed E-state index contributed by atoms with van der Waals surface area (Å²) in [5.41, 5.74) is 2.07. The van der Waals surface area contributed by atoms with Crippen LogP contribution < -0.4 is 5.32 Å². The minimum Gasteiger partial charge on any atom is -0.343 e. The summed E-state index contributed by atoms with van der Waals surface area (Å²) in [5.74, 6) is -0.0629. The maximum absolute atomic E-state index is 13.0. The number of sulfonamides is 1. The molecule has 1 unspecified atom stereocenters. The quantitative estimate of drug-likeness (QED) is 0.557. The minimum absolute atomic E-state index is 0.0629. The van der Waals surface area contributed by atoms with Crippen LogP contribution in [0.3, 0.4) is 0 Å². The van der Waals surface area contributed by atoms with Crippen LogP contribution in [0.5, 0.6) is 0 Å². The second-order valence-corrected chi connectivity index (χ2v) is 11.2. The van der Waals surface area contributed by atoms with Crippen molar-refractivity contribution in [2.45, 2.75) is 24.3 Å². The van der Waals surface area contributed by atoms with Gasteiger partial charge in [-0.3, -0.25) is 9.69 Å². The van der Waals surface area contributed by atoms with E-state index in [-0.39, 0.29) is 18.5 Å². The molecule has 3 aromatic rings. The second kappa shape index (κ2) is 10.6. The predicted molar refractivity (Wildman–Crippen MR) is 132 cm³/mol. The van der Waals surface area contributed by atoms with Crippen LogP contribution in [0.25, 0.3) is 0 Å². The van der Waals surface area contributed by atoms with E-state index in [1.807, 2.05) is 71.8 Å². The van der Waals surface area contributed by atoms with Gasteiger partial charge in [0.1, 0.15) is 0 Å². The van der Waals surface area contributed by atoms with Gasteiger partial charge >= 0.3 is 0 Å². The number of aryl methyl sites for hydroxylation is 1. The fourth-order valence-electron chi connectivity index (χ4n) is 4.03. The number of carbonyl (C=O) groups is 1. The van der Waals surface area contributed by atoms with E-state index >= 15 is 0 Å². The summed E-state index contributed by atoms with van der Waals surface area (Å²) in [4.78, 5) is 16.4. The number of thiophene rings is 1. The topological polar surface area (TPSA) is 69.7 Å². The van der Waals surface area contributed by atoms with Gasteiger partial charge in [0.2, 0.25) is 15.9 Å². The lowest BCUT2D eigenvalue weighted by molar-refractivity contribution is -0.122. The van der Waals surface area contributed by atoms with Gasteiger partial charge in [-0.25, -0.2) is 8.42 Å². The minimum atomic E-state index is -3.53. The van der Waals surface area contributed by atoms with E-state index in [0.717, 1.165) is 16.0 Å². The van der Waals surface area contributed by atoms with Crippen LogP contribution >= 0.6 is 11.3 Å². The lowest BCUT2D eigenvalue weighted by Crippen LogP contribution is -2.41. The molecule has 2 heterocycles. The molecule has 0 bridgehead atoms. The van der Waals surface area contributed by atoms with Crippen molar-refractivity contribution in [1.29, 1.82) is 0 Å². The number of nitrogens with zero attached hydrogens (tertiary/aromatic N) is 2. The number of amides is 1. The zero-order valence-corrected chi connectivity index (χ0v) is 20.3. The Kier molecular flexibility index (Phi) is 7.60. The van der Waals surface area contributed by atoms with Crippen LogP contribution in [0.4, 0.5) is 0 Å². The molecule has 0 aliphatic carbocycles. The standard InChI is InChI=1S/C25H29N3O3S2/c1-20-10-12-22(13-11-20)33(30,31)28-15-6-14-27(16-17-28)19-24(29)26-25(23-9-5-18-32-23)21-7-3-2-4-8-21/h2-5,7-13,18,25H,6,14-17,19H2,1H3,(H,26,29). The highest BCUT2D eigenvalue weighted by atomic mass is 32.2. The first-order valence-electron chi connectivity index (χ1n) is 11.1. The Morgan fingerprint density at radius 2 is 1.73 bits per heavy atom. The van der Waals surface area contributed by atoms with E-state index in [9.17, 15) is 13.2 Å². The first-order valence-corrected chi connectivity index (χ1v) is 13.4. The molecule has 6 nitrogen and oxygen atoms in total. The lowest BCUT2D eigenvalue weighted by atomic mass is 10.1. The number of hydrogen-bond donors (Lipinski definition) is 1. The van der Waals surface area contributed by atoms with Crippen molar-refractivity contribution in [2.75, 3.05) is 32.7 Å². The Bertz CT molecular complexity index is 1150. The summed E-state index contributed by atoms with van der Waals surface area (Å²) in [7, 11) is -3.53. The zero-order valence-electron chi connectivity index (χ0n) is 18.7. The second-order valence-electron chi connectivity index (χ2n) is 8.27. The van der Waals surface area contributed by atoms with E-state index < -0.39 is 10.0 Å². The average Bonchev–Trinajstić information content (AvgIpc) is 3.24. The number of carbonyl (C=O) groups excluding carboxylic acids is 1. The van der Waals surface area contributed by atoms with Gasteiger partial charge in [-0.2, -0.15) is 4.31 Å². The molecule has 0 spiro atoms. The Morgan fingerprint density at radius 3 is 2.42 bits per heavy atom. The molecule has 1 aliphatic heterocycles. The maximum Gasteiger partial charge on any atom is 0.243 e. The van der Waals surface area contributed by atoms with E-state index in [0.29, 0.717) is 37.5 Å². The van der Waals surface area contributed by atoms with Gasteiger partial charge in [-0.15, -0.1) is 11.3 Å². The van der Waals surface area contributed by atoms with Crippen molar-refractivity contribution in [3.63, 3.8) is 0 Å². The smallest absolute Gasteiger partial charge is 0.243 e. The molecule has 174 valence electrons. The van der Waals surface area contributed by atoms with Crippen molar-refractivity contribution >= 4 is 27.3 Å². The molecule has 1 N–H and O–H groups in total. The molecule has 1 saturated heterocycles. The predicted octanol–water partition coefficient (Wildman–Crippen LogP) is 3.66. The lowest BCUT2D eigenvalue weighted by Gasteiger charge is -2.23. The summed E-state index contributed by atoms with van der Waals surface area (Å²) >= 11 is 1.62. The molecule has 0 saturated carbocycles. The fraction of sp³-hybridized carbons (Fsp3) is 0.320. The molecule has 1 aromatic heterocycles. The number of hydrogen-bond acceptors (Lipinski definition) is 5. The zero-order chi connectivity index (χ0) is 23.3. The first-order chi connectivity index (χ1) is 15.9. The van der Waals surface area contributed by atoms with Crippen molar-refractivity contribution in [1.82, 2.24) is 14.5 Å². The van der Waals surface area contributed by atoms with Crippen LogP contribution in [0.15, 0.2) is 77.0 Å². The molecule has 0 radical (unpaired) electrons. The molecule has 4 rings (SSSR count). The summed E-state index contributed by atoms with van der Waals surface area (Å²) in [6, 6.07) is 20.7. The van der Waals surface area contributed by atoms with Crippen molar-refractivity contribution in [3.8, 4) is 0 Å². The fourth-order valence-corrected chi connectivity index (χ4v) is 6.31. The average molecular weight is 484 g/mol. The Labute approximate surface area is 199 Å². The van der Waals surface area contributed by atoms with Crippen LogP contribution in [0.1, 0.15) is 28.5 Å². The Hall–Kier alpha value is -2.52. The highest BCUT2D eigenvalue weighted by Gasteiger charge is 2.28. The van der Waals surface area contributed by atoms with Gasteiger partial charge < -0.3 is 5.32 Å². The molecule has 1 amide bonds. The van der Waals surface area contributed by atoms with Crippen LogP contribution in [-0.2, 0) is 14.8 Å². The van der Waals surface area contributed by atoms with Gasteiger partial charge in [-0.05, 0) is 49.0 Å². The molecular formula is C25H29N3O3S2. The first kappa shape index (κ1) is 23.6. The highest BCUT2D eigenvalue weighted by Crippen LogP contribution is 2.26. The maximum atomic E-state index is 13.0. The van der Waals surface area contributed by atoms with Crippen molar-refractivity contribution < 1.29 is 13.2 Å². The number of benzene rings is 2. The molecule has 1 fully saturated rings. The van der Waals surface area contributed by atoms with Gasteiger partial charge in [-0.1, -0.05) is 54.1 Å². The van der Waals surface area contributed by atoms with Crippen molar-refractivity contribution in [3.05, 3.63) is 88.1 Å². The van der Waals surface area contributed by atoms with E-state index in [1.54, 1.807) is 23.5 Å². The Balaban J connectivity index is 1.38. The third kappa shape index (κ3) is 5.89. The monoisotopic (exact) mass is 483 g/mol. The highest BCUT2D eigenvalue weighted by molar-refractivity contribution is 7.89. The van der Waals surface area contributed by atoms with Crippen molar-refractivity contribution in [2.24, 2.45) is 0 Å². The summed E-state index contributed by atoms with van der Waals surface area (Å²) in [6.45, 7) is 4.21. The van der Waals surface area contributed by atoms with E-state index in [4.69, 9.17) is 0 Å². The number of nitrogens with one attached hydrogen (secondary N) is 1. The van der Waals surface area contributed by atoms with Crippen LogP contribution in [0, 0.1) is 6.92 Å². The van der Waals surface area contributed by atoms with Crippen LogP contribution in [-0.4, -0.2) is 56.3 Å². The normalized spacial score (nSPS) is 16.8. The number of rotatable bonds is 7. The van der Waals surface area contributed by atoms with Crippen LogP contribution in [0.2, 0.25) is 0 Å². The molecular weight excluding hydrogens is 454 g/mol. The summed E-state index contributed by atoms with van der Waals surface area (Å²) in [6.07, 6.45) is 0.686. The van der Waals surface area contributed by atoms with Gasteiger partial charge in [0.15, 0.2) is 0 Å². The van der Waals surface area contributed by atoms with E-state index in [1.165, 1.54) is 4.31 Å². The van der Waals surface area contributed by atoms with Gasteiger partial charge in [0.05, 0.1) is 17.5 Å². The molecule has 33 heavy (non-hydrogen) atoms. The van der Waals surface area contributed by atoms with Gasteiger partial charge in [0.25, 0.3) is 0 Å². The molecule has 1 aliphatic rings. The SMILES string of the molecule is Cc1ccc(S(=O)(=O)N2CCCN(CC(=O)NC(c3ccccc3)c3cccs3)CC2)cc1. The summed E-state index contributed by atoms with van der Waals surface area (Å²) in [5, 5.41) is 5.18. The third-order valence-corrected chi connectivity index (χ3v) is 8.69. The Morgan fingerprint density at radius 1 is 0.970 bits per heavy atom. The third-order valence-electron chi connectivity index (χ3n) is 5.84. The summed E-state index contributed by atoms with van der Waals surface area (Å²) < 4.78 is 27.6. The van der Waals surface area contributed by atoms with E-state index in [2.05, 4.69) is 5.32 Å². The molecule has 1 atom stereocenters. The largest absolute Gasteiger partial charge is 0.343 e. The molecule has 8 heteroatoms.